The van der Waals surface area contributed by atoms with Gasteiger partial charge in [-0.3, -0.25) is 0 Å². The Hall–Kier alpha value is -1.39. The Kier molecular flexibility index (Phi) is 2.47. The quantitative estimate of drug-likeness (QED) is 0.814. The normalized spacial score (nSPS) is 10.4. The van der Waals surface area contributed by atoms with Gasteiger partial charge in [-0.2, -0.15) is 5.10 Å². The van der Waals surface area contributed by atoms with Crippen molar-refractivity contribution in [1.82, 2.24) is 14.8 Å². The van der Waals surface area contributed by atoms with Crippen LogP contribution in [-0.2, 0) is 6.61 Å². The molecule has 5 heteroatoms. The molecule has 0 amide bonds. The minimum atomic E-state index is -0.0634. The van der Waals surface area contributed by atoms with Crippen LogP contribution < -0.4 is 0 Å². The third kappa shape index (κ3) is 1.62. The first-order chi connectivity index (χ1) is 6.81. The van der Waals surface area contributed by atoms with Crippen molar-refractivity contribution >= 4 is 11.6 Å². The SMILES string of the molecule is OCc1cnc(-n2cccn2)c(Cl)c1. The molecule has 72 valence electrons. The molecule has 2 heterocycles. The highest BCUT2D eigenvalue weighted by Crippen LogP contribution is 2.18. The summed E-state index contributed by atoms with van der Waals surface area (Å²) in [6.07, 6.45) is 4.98. The van der Waals surface area contributed by atoms with Crippen LogP contribution in [0.3, 0.4) is 0 Å². The summed E-state index contributed by atoms with van der Waals surface area (Å²) >= 11 is 5.97. The van der Waals surface area contributed by atoms with Crippen LogP contribution >= 0.6 is 11.6 Å². The molecule has 1 N–H and O–H groups in total. The van der Waals surface area contributed by atoms with Gasteiger partial charge < -0.3 is 5.11 Å². The Bertz CT molecular complexity index is 428. The summed E-state index contributed by atoms with van der Waals surface area (Å²) in [4.78, 5) is 4.10. The number of nitrogens with zero attached hydrogens (tertiary/aromatic N) is 3. The van der Waals surface area contributed by atoms with Gasteiger partial charge in [0.15, 0.2) is 5.82 Å². The Labute approximate surface area is 85.8 Å². The van der Waals surface area contributed by atoms with E-state index < -0.39 is 0 Å². The number of aliphatic hydroxyl groups excluding tert-OH is 1. The van der Waals surface area contributed by atoms with Gasteiger partial charge in [0.25, 0.3) is 0 Å². The molecule has 2 rings (SSSR count). The predicted molar refractivity (Wildman–Crippen MR) is 52.3 cm³/mol. The third-order valence-corrected chi connectivity index (χ3v) is 2.06. The molecule has 2 aromatic rings. The van der Waals surface area contributed by atoms with Crippen molar-refractivity contribution in [3.05, 3.63) is 41.3 Å². The average molecular weight is 210 g/mol. The maximum atomic E-state index is 8.86. The van der Waals surface area contributed by atoms with E-state index in [1.54, 1.807) is 35.4 Å². The van der Waals surface area contributed by atoms with Crippen molar-refractivity contribution in [2.75, 3.05) is 0 Å². The Morgan fingerprint density at radius 2 is 2.36 bits per heavy atom. The summed E-state index contributed by atoms with van der Waals surface area (Å²) in [5.74, 6) is 0.564. The van der Waals surface area contributed by atoms with Crippen LogP contribution in [0.5, 0.6) is 0 Å². The summed E-state index contributed by atoms with van der Waals surface area (Å²) < 4.78 is 1.57. The van der Waals surface area contributed by atoms with Crippen molar-refractivity contribution in [3.63, 3.8) is 0 Å². The fraction of sp³-hybridized carbons (Fsp3) is 0.111. The minimum Gasteiger partial charge on any atom is -0.392 e. The van der Waals surface area contributed by atoms with E-state index in [-0.39, 0.29) is 6.61 Å². The molecule has 0 aliphatic rings. The van der Waals surface area contributed by atoms with E-state index in [1.165, 1.54) is 0 Å². The maximum Gasteiger partial charge on any atom is 0.172 e. The highest BCUT2D eigenvalue weighted by atomic mass is 35.5. The standard InChI is InChI=1S/C9H8ClN3O/c10-8-4-7(6-14)5-11-9(8)13-3-1-2-12-13/h1-5,14H,6H2. The average Bonchev–Trinajstić information content (AvgIpc) is 2.70. The number of aromatic nitrogens is 3. The minimum absolute atomic E-state index is 0.0634. The molecule has 14 heavy (non-hydrogen) atoms. The van der Waals surface area contributed by atoms with Crippen LogP contribution in [0.15, 0.2) is 30.7 Å². The first-order valence-corrected chi connectivity index (χ1v) is 4.44. The van der Waals surface area contributed by atoms with Gasteiger partial charge in [0.05, 0.1) is 11.6 Å². The number of hydrogen-bond donors (Lipinski definition) is 1. The summed E-state index contributed by atoms with van der Waals surface area (Å²) in [5, 5.41) is 13.3. The van der Waals surface area contributed by atoms with E-state index in [9.17, 15) is 0 Å². The smallest absolute Gasteiger partial charge is 0.172 e. The molecular weight excluding hydrogens is 202 g/mol. The zero-order valence-electron chi connectivity index (χ0n) is 7.26. The second-order valence-electron chi connectivity index (χ2n) is 2.76. The lowest BCUT2D eigenvalue weighted by Crippen LogP contribution is -1.99. The van der Waals surface area contributed by atoms with Gasteiger partial charge >= 0.3 is 0 Å². The second-order valence-corrected chi connectivity index (χ2v) is 3.16. The van der Waals surface area contributed by atoms with Crippen molar-refractivity contribution in [2.45, 2.75) is 6.61 Å². The molecule has 0 spiro atoms. The number of pyridine rings is 1. The van der Waals surface area contributed by atoms with E-state index in [2.05, 4.69) is 10.1 Å². The Morgan fingerprint density at radius 1 is 1.50 bits per heavy atom. The summed E-state index contributed by atoms with van der Waals surface area (Å²) in [5.41, 5.74) is 0.686. The molecule has 0 radical (unpaired) electrons. The highest BCUT2D eigenvalue weighted by molar-refractivity contribution is 6.32. The Morgan fingerprint density at radius 3 is 2.93 bits per heavy atom. The largest absolute Gasteiger partial charge is 0.392 e. The Balaban J connectivity index is 2.46. The molecule has 0 unspecified atom stereocenters. The molecule has 0 fully saturated rings. The van der Waals surface area contributed by atoms with Gasteiger partial charge in [-0.1, -0.05) is 11.6 Å². The number of rotatable bonds is 2. The fourth-order valence-electron chi connectivity index (χ4n) is 1.12. The van der Waals surface area contributed by atoms with Crippen LogP contribution in [0, 0.1) is 0 Å². The lowest BCUT2D eigenvalue weighted by molar-refractivity contribution is 0.281. The summed E-state index contributed by atoms with van der Waals surface area (Å²) in [6, 6.07) is 3.46. The van der Waals surface area contributed by atoms with Crippen LogP contribution in [0.1, 0.15) is 5.56 Å². The van der Waals surface area contributed by atoms with Gasteiger partial charge in [-0.15, -0.1) is 0 Å². The van der Waals surface area contributed by atoms with E-state index in [0.717, 1.165) is 0 Å². The second kappa shape index (κ2) is 3.77. The molecule has 0 saturated carbocycles. The van der Waals surface area contributed by atoms with Crippen LogP contribution in [0.2, 0.25) is 5.02 Å². The van der Waals surface area contributed by atoms with Gasteiger partial charge in [0.1, 0.15) is 0 Å². The molecule has 0 aliphatic heterocycles. The van der Waals surface area contributed by atoms with Crippen LogP contribution in [0.4, 0.5) is 0 Å². The summed E-state index contributed by atoms with van der Waals surface area (Å²) in [7, 11) is 0. The van der Waals surface area contributed by atoms with E-state index in [0.29, 0.717) is 16.4 Å². The fourth-order valence-corrected chi connectivity index (χ4v) is 1.39. The molecule has 0 saturated heterocycles. The molecule has 2 aromatic heterocycles. The molecule has 0 aromatic carbocycles. The first kappa shape index (κ1) is 9.18. The van der Waals surface area contributed by atoms with Crippen LogP contribution in [-0.4, -0.2) is 19.9 Å². The molecule has 0 bridgehead atoms. The van der Waals surface area contributed by atoms with Crippen molar-refractivity contribution < 1.29 is 5.11 Å². The highest BCUT2D eigenvalue weighted by Gasteiger charge is 2.04. The zero-order chi connectivity index (χ0) is 9.97. The molecule has 0 atom stereocenters. The van der Waals surface area contributed by atoms with E-state index in [1.807, 2.05) is 0 Å². The maximum absolute atomic E-state index is 8.86. The number of hydrogen-bond acceptors (Lipinski definition) is 3. The molecule has 4 nitrogen and oxygen atoms in total. The van der Waals surface area contributed by atoms with E-state index >= 15 is 0 Å². The number of halogens is 1. The molecule has 0 aliphatic carbocycles. The van der Waals surface area contributed by atoms with Crippen LogP contribution in [0.25, 0.3) is 5.82 Å². The zero-order valence-corrected chi connectivity index (χ0v) is 8.02. The van der Waals surface area contributed by atoms with Crippen molar-refractivity contribution in [3.8, 4) is 5.82 Å². The summed E-state index contributed by atoms with van der Waals surface area (Å²) in [6.45, 7) is -0.0634. The lowest BCUT2D eigenvalue weighted by Gasteiger charge is -2.03. The van der Waals surface area contributed by atoms with Gasteiger partial charge in [-0.25, -0.2) is 9.67 Å². The van der Waals surface area contributed by atoms with E-state index in [4.69, 9.17) is 16.7 Å². The van der Waals surface area contributed by atoms with Gasteiger partial charge in [0, 0.05) is 18.6 Å². The lowest BCUT2D eigenvalue weighted by atomic mass is 10.3. The topological polar surface area (TPSA) is 50.9 Å². The van der Waals surface area contributed by atoms with Crippen molar-refractivity contribution in [1.29, 1.82) is 0 Å². The third-order valence-electron chi connectivity index (χ3n) is 1.78. The van der Waals surface area contributed by atoms with Crippen molar-refractivity contribution in [2.24, 2.45) is 0 Å². The van der Waals surface area contributed by atoms with Gasteiger partial charge in [0.2, 0.25) is 0 Å². The monoisotopic (exact) mass is 209 g/mol. The first-order valence-electron chi connectivity index (χ1n) is 4.06. The van der Waals surface area contributed by atoms with Gasteiger partial charge in [-0.05, 0) is 17.7 Å². The number of aliphatic hydroxyl groups is 1. The predicted octanol–water partition coefficient (Wildman–Crippen LogP) is 1.41. The molecular formula is C9H8ClN3O.